The van der Waals surface area contributed by atoms with Gasteiger partial charge in [0.1, 0.15) is 82.5 Å². The van der Waals surface area contributed by atoms with Crippen molar-refractivity contribution in [3.63, 3.8) is 0 Å². The molecule has 0 aliphatic rings. The van der Waals surface area contributed by atoms with Gasteiger partial charge < -0.3 is 117 Å². The van der Waals surface area contributed by atoms with Crippen molar-refractivity contribution in [3.05, 3.63) is 132 Å². The number of carbonyl (C=O) groups excluding carboxylic acids is 14. The summed E-state index contributed by atoms with van der Waals surface area (Å²) < 4.78 is 0. The molecule has 6 rings (SSSR count). The van der Waals surface area contributed by atoms with Crippen LogP contribution >= 0.6 is 0 Å². The number of rotatable bonds is 44. The Kier molecular flexibility index (Phi) is 33.1. The van der Waals surface area contributed by atoms with E-state index >= 15 is 9.59 Å². The lowest BCUT2D eigenvalue weighted by Gasteiger charge is -2.33. The minimum atomic E-state index is -2.14. The number of hydrogen-bond acceptors (Lipinski definition) is 19. The molecule has 0 fully saturated rings. The lowest BCUT2D eigenvalue weighted by atomic mass is 9.98. The van der Waals surface area contributed by atoms with Crippen molar-refractivity contribution >= 4 is 116 Å². The number of phenolic OH excluding ortho intramolecular Hbond substituents is 2. The third-order valence-electron chi connectivity index (χ3n) is 18.9. The Balaban J connectivity index is 1.31. The van der Waals surface area contributed by atoms with Crippen molar-refractivity contribution in [2.45, 2.75) is 211 Å². The average molecular weight is 1630 g/mol. The lowest BCUT2D eigenvalue weighted by molar-refractivity contribution is -0.141. The van der Waals surface area contributed by atoms with Crippen LogP contribution in [0.5, 0.6) is 11.5 Å². The number of carboxylic acids is 1. The molecule has 0 unspecified atom stereocenters. The molecule has 14 amide bonds. The second kappa shape index (κ2) is 41.7. The van der Waals surface area contributed by atoms with Gasteiger partial charge in [-0.05, 0) is 139 Å². The van der Waals surface area contributed by atoms with Gasteiger partial charge in [-0.15, -0.1) is 0 Å². The second-order valence-electron chi connectivity index (χ2n) is 30.6. The van der Waals surface area contributed by atoms with E-state index in [1.807, 2.05) is 0 Å². The van der Waals surface area contributed by atoms with Crippen LogP contribution in [-0.2, 0) is 97.6 Å². The van der Waals surface area contributed by atoms with Crippen molar-refractivity contribution in [3.8, 4) is 11.5 Å². The molecule has 38 nitrogen and oxygen atoms in total. The predicted molar refractivity (Wildman–Crippen MR) is 428 cm³/mol. The number of carboxylic acid groups (broad SMARTS) is 1. The molecule has 0 aliphatic carbocycles. The molecule has 0 bridgehead atoms. The Morgan fingerprint density at radius 1 is 0.453 bits per heavy atom. The molecule has 4 aromatic carbocycles. The van der Waals surface area contributed by atoms with Crippen molar-refractivity contribution in [1.29, 1.82) is 5.41 Å². The topological polar surface area (TPSA) is 627 Å². The quantitative estimate of drug-likeness (QED) is 0.0115. The molecule has 0 spiro atoms. The third kappa shape index (κ3) is 28.4. The number of aromatic amines is 2. The van der Waals surface area contributed by atoms with Gasteiger partial charge in [-0.3, -0.25) is 77.3 Å². The summed E-state index contributed by atoms with van der Waals surface area (Å²) in [7, 11) is 0. The fraction of sp³-hybridized carbons (Fsp3) is 0.443. The van der Waals surface area contributed by atoms with E-state index in [2.05, 4.69) is 79.1 Å². The molecule has 0 saturated carbocycles. The number of aliphatic hydroxyl groups excluding tert-OH is 1. The summed E-state index contributed by atoms with van der Waals surface area (Å²) in [5.41, 5.74) is 14.2. The largest absolute Gasteiger partial charge is 0.508 e. The van der Waals surface area contributed by atoms with Crippen LogP contribution in [0.15, 0.2) is 109 Å². The molecule has 26 N–H and O–H groups in total. The first-order valence-electron chi connectivity index (χ1n) is 37.7. The molecule has 10 atom stereocenters. The fourth-order valence-corrected chi connectivity index (χ4v) is 12.5. The number of fused-ring (bicyclic) bond motifs is 2. The minimum absolute atomic E-state index is 0.0198. The van der Waals surface area contributed by atoms with Gasteiger partial charge in [0.2, 0.25) is 82.7 Å². The molecule has 0 aliphatic heterocycles. The highest BCUT2D eigenvalue weighted by molar-refractivity contribution is 6.02. The number of hydrogen-bond donors (Lipinski definition) is 23. The van der Waals surface area contributed by atoms with Crippen LogP contribution in [-0.4, -0.2) is 209 Å². The van der Waals surface area contributed by atoms with Crippen LogP contribution in [0.1, 0.15) is 130 Å². The number of aromatic nitrogens is 2. The maximum absolute atomic E-state index is 15.3. The molecule has 0 saturated heterocycles. The Labute approximate surface area is 673 Å². The van der Waals surface area contributed by atoms with Crippen LogP contribution in [0.25, 0.3) is 21.8 Å². The number of phenols is 2. The van der Waals surface area contributed by atoms with Crippen LogP contribution in [0, 0.1) is 11.3 Å². The minimum Gasteiger partial charge on any atom is -0.508 e. The van der Waals surface area contributed by atoms with Crippen LogP contribution < -0.4 is 86.3 Å². The SMILES string of the molecule is CC(=O)NC(C)(C)C(=O)NC(C)(C)C(=O)N[C@H](C(=O)N[C@@H](Cc1c[nH]c2ccccc12)C(=O)N[C@@H](CCC(N)=O)C(=O)N[C@@H](CC(=O)O)C(=O)N[C@@H](Cc1ccc(O)cc1)C(=O)N[C@@H](Cc1c[nH]c2ccccc12)C(=O)N[C@@H](CC(C)C)C(=O)N[C@@H](Cc1ccc(O)cc1)C(=O)NC(C)(C)C(=O)N[C@@H](CCCNC(=N)N)C(N)=O)[C@@H](C)O. The number of H-pyrrole nitrogens is 2. The zero-order chi connectivity index (χ0) is 87.0. The molecule has 38 heteroatoms. The van der Waals surface area contributed by atoms with E-state index in [9.17, 15) is 82.8 Å². The van der Waals surface area contributed by atoms with E-state index in [0.717, 1.165) is 6.92 Å². The first-order valence-corrected chi connectivity index (χ1v) is 37.7. The number of carbonyl (C=O) groups is 15. The number of nitrogens with one attached hydrogen (secondary N) is 16. The van der Waals surface area contributed by atoms with Gasteiger partial charge in [0.15, 0.2) is 5.96 Å². The van der Waals surface area contributed by atoms with Gasteiger partial charge in [0, 0.05) is 79.8 Å². The Hall–Kier alpha value is -13.2. The average Bonchev–Trinajstić information content (AvgIpc) is 1.70. The number of nitrogens with two attached hydrogens (primary N) is 3. The van der Waals surface area contributed by atoms with Gasteiger partial charge in [-0.1, -0.05) is 74.5 Å². The number of amides is 14. The number of aromatic hydroxyl groups is 2. The maximum atomic E-state index is 15.3. The van der Waals surface area contributed by atoms with Crippen LogP contribution in [0.3, 0.4) is 0 Å². The normalized spacial score (nSPS) is 14.1. The van der Waals surface area contributed by atoms with Gasteiger partial charge >= 0.3 is 5.97 Å². The molecule has 117 heavy (non-hydrogen) atoms. The number of primary amides is 2. The molecular weight excluding hydrogens is 1520 g/mol. The number of para-hydroxylation sites is 2. The summed E-state index contributed by atoms with van der Waals surface area (Å²) in [6, 6.07) is 9.30. The van der Waals surface area contributed by atoms with Crippen LogP contribution in [0.4, 0.5) is 0 Å². The summed E-state index contributed by atoms with van der Waals surface area (Å²) in [6.45, 7) is 13.9. The van der Waals surface area contributed by atoms with Crippen molar-refractivity contribution in [2.75, 3.05) is 6.54 Å². The highest BCUT2D eigenvalue weighted by atomic mass is 16.4. The standard InChI is InChI=1S/C79H107N19O19/c1-40(2)32-55(66(108)90-57(34-44-23-27-48(102)28-24-44)71(113)97-77(5,6)73(115)94-53(64(81)106)20-15-31-84-76(82)83)88-69(111)58(35-45-38-85-51-18-13-11-16-49(45)51)91-67(109)56(33-43-21-25-47(101)26-22-43)89-70(112)60(37-62(104)105)92-65(107)54(29-30-61(80)103)87-68(110)59(36-46-39-86-52-19-14-12-17-50(46)52)93-72(114)63(41(3)99)95-74(116)78(7,8)98-75(117)79(9,10)96-42(4)100/h11-14,16-19,21-28,38-41,53-60,63,85-86,99,101-102H,15,20,29-37H2,1-10H3,(H2,80,103)(H2,81,106)(H,87,110)(H,88,111)(H,89,112)(H,90,108)(H,91,109)(H,92,107)(H,93,114)(H,94,115)(H,95,116)(H,96,100)(H,97,113)(H,98,117)(H,104,105)(H4,82,83,84)/t41-,53+,54+,55+,56+,57+,58+,59+,60+,63+/m1/s1. The molecule has 0 radical (unpaired) electrons. The van der Waals surface area contributed by atoms with E-state index in [-0.39, 0.29) is 74.0 Å². The highest BCUT2D eigenvalue weighted by Gasteiger charge is 2.42. The smallest absolute Gasteiger partial charge is 0.305 e. The monoisotopic (exact) mass is 1630 g/mol. The summed E-state index contributed by atoms with van der Waals surface area (Å²) in [4.78, 5) is 216. The third-order valence-corrected chi connectivity index (χ3v) is 18.9. The zero-order valence-electron chi connectivity index (χ0n) is 66.7. The number of aliphatic carboxylic acids is 1. The van der Waals surface area contributed by atoms with Gasteiger partial charge in [-0.25, -0.2) is 0 Å². The van der Waals surface area contributed by atoms with E-state index in [4.69, 9.17) is 22.6 Å². The predicted octanol–water partition coefficient (Wildman–Crippen LogP) is -1.69. The first kappa shape index (κ1) is 92.7. The second-order valence-corrected chi connectivity index (χ2v) is 30.6. The number of benzene rings is 4. The zero-order valence-corrected chi connectivity index (χ0v) is 66.7. The number of guanidine groups is 1. The van der Waals surface area contributed by atoms with Crippen LogP contribution in [0.2, 0.25) is 0 Å². The lowest BCUT2D eigenvalue weighted by Crippen LogP contribution is -2.65. The Morgan fingerprint density at radius 2 is 0.855 bits per heavy atom. The highest BCUT2D eigenvalue weighted by Crippen LogP contribution is 2.24. The number of aliphatic hydroxyl groups is 1. The van der Waals surface area contributed by atoms with E-state index in [1.54, 1.807) is 68.6 Å². The summed E-state index contributed by atoms with van der Waals surface area (Å²) in [6.07, 6.45) is -2.33. The van der Waals surface area contributed by atoms with Gasteiger partial charge in [0.05, 0.1) is 12.5 Å². The van der Waals surface area contributed by atoms with Crippen molar-refractivity contribution in [1.82, 2.24) is 79.1 Å². The Morgan fingerprint density at radius 3 is 1.31 bits per heavy atom. The molecule has 632 valence electrons. The first-order chi connectivity index (χ1) is 54.8. The van der Waals surface area contributed by atoms with E-state index in [1.165, 1.54) is 103 Å². The molecule has 2 heterocycles. The summed E-state index contributed by atoms with van der Waals surface area (Å²) >= 11 is 0. The fourth-order valence-electron chi connectivity index (χ4n) is 12.5. The van der Waals surface area contributed by atoms with Gasteiger partial charge in [-0.2, -0.15) is 0 Å². The van der Waals surface area contributed by atoms with E-state index < -0.39 is 191 Å². The van der Waals surface area contributed by atoms with Crippen molar-refractivity contribution in [2.24, 2.45) is 23.1 Å². The molecular formula is C79H107N19O19. The Bertz CT molecular complexity index is 4610. The summed E-state index contributed by atoms with van der Waals surface area (Å²) in [5.74, 6) is -16.7. The molecule has 6 aromatic rings. The summed E-state index contributed by atoms with van der Waals surface area (Å²) in [5, 5.41) is 83.4. The van der Waals surface area contributed by atoms with Gasteiger partial charge in [0.25, 0.3) is 0 Å². The molecule has 2 aromatic heterocycles. The van der Waals surface area contributed by atoms with E-state index in [0.29, 0.717) is 38.5 Å². The van der Waals surface area contributed by atoms with Crippen molar-refractivity contribution < 1.29 is 92.3 Å². The maximum Gasteiger partial charge on any atom is 0.305 e.